The predicted molar refractivity (Wildman–Crippen MR) is 57.0 cm³/mol. The molecule has 1 nitrogen and oxygen atoms in total. The molecule has 0 heterocycles. The number of allylic oxidation sites excluding steroid dienone is 1. The van der Waals surface area contributed by atoms with E-state index < -0.39 is 0 Å². The summed E-state index contributed by atoms with van der Waals surface area (Å²) in [5, 5.41) is 9.05. The molecule has 1 atom stereocenters. The molecule has 54 valence electrons. The summed E-state index contributed by atoms with van der Waals surface area (Å²) in [5.41, 5.74) is 0. The van der Waals surface area contributed by atoms with Crippen molar-refractivity contribution < 1.29 is 5.11 Å². The van der Waals surface area contributed by atoms with Gasteiger partial charge in [0, 0.05) is 7.16 Å². The smallest absolute Gasteiger partial charge is 0.0825 e. The first kappa shape index (κ1) is 10.2. The fourth-order valence-electron chi connectivity index (χ4n) is 0.396. The first-order valence-corrected chi connectivity index (χ1v) is 4.97. The topological polar surface area (TPSA) is 20.2 Å². The van der Waals surface area contributed by atoms with Crippen LogP contribution in [0.4, 0.5) is 0 Å². The van der Waals surface area contributed by atoms with Gasteiger partial charge < -0.3 is 5.11 Å². The molecule has 0 aliphatic heterocycles. The van der Waals surface area contributed by atoms with Gasteiger partial charge in [-0.05, 0) is 58.5 Å². The van der Waals surface area contributed by atoms with Crippen molar-refractivity contribution >= 4 is 45.2 Å². The van der Waals surface area contributed by atoms with Crippen LogP contribution in [0.15, 0.2) is 7.16 Å². The lowest BCUT2D eigenvalue weighted by Crippen LogP contribution is -1.99. The third-order valence-corrected chi connectivity index (χ3v) is 4.86. The van der Waals surface area contributed by atoms with Crippen LogP contribution in [0.3, 0.4) is 0 Å². The fourth-order valence-corrected chi connectivity index (χ4v) is 1.23. The van der Waals surface area contributed by atoms with Crippen LogP contribution in [-0.4, -0.2) is 11.2 Å². The molecule has 0 fully saturated rings. The molecule has 0 saturated carbocycles. The van der Waals surface area contributed by atoms with Gasteiger partial charge in [-0.2, -0.15) is 0 Å². The van der Waals surface area contributed by atoms with Gasteiger partial charge in [-0.15, -0.1) is 0 Å². The summed E-state index contributed by atoms with van der Waals surface area (Å²) in [6, 6.07) is 0. The monoisotopic (exact) mass is 352 g/mol. The van der Waals surface area contributed by atoms with E-state index in [0.29, 0.717) is 0 Å². The Bertz CT molecular complexity index is 118. The standard InChI is InChI=1S/C6H10I2O/c1-3-5(7)6(8)4(2)9/h4,9H,3H2,1-2H3/b6-5+. The molecule has 1 N–H and O–H groups in total. The van der Waals surface area contributed by atoms with Crippen molar-refractivity contribution in [3.63, 3.8) is 0 Å². The van der Waals surface area contributed by atoms with Crippen LogP contribution in [0, 0.1) is 0 Å². The maximum Gasteiger partial charge on any atom is 0.0825 e. The second kappa shape index (κ2) is 4.90. The fraction of sp³-hybridized carbons (Fsp3) is 0.667. The van der Waals surface area contributed by atoms with E-state index in [1.807, 2.05) is 0 Å². The minimum atomic E-state index is -0.294. The summed E-state index contributed by atoms with van der Waals surface area (Å²) >= 11 is 4.44. The van der Waals surface area contributed by atoms with Gasteiger partial charge in [0.25, 0.3) is 0 Å². The van der Waals surface area contributed by atoms with E-state index in [9.17, 15) is 0 Å². The number of rotatable bonds is 2. The summed E-state index contributed by atoms with van der Waals surface area (Å²) in [7, 11) is 0. The molecule has 9 heavy (non-hydrogen) atoms. The Kier molecular flexibility index (Phi) is 5.53. The van der Waals surface area contributed by atoms with E-state index >= 15 is 0 Å². The van der Waals surface area contributed by atoms with Gasteiger partial charge in [0.05, 0.1) is 6.10 Å². The highest BCUT2D eigenvalue weighted by molar-refractivity contribution is 14.1. The quantitative estimate of drug-likeness (QED) is 0.758. The van der Waals surface area contributed by atoms with Gasteiger partial charge in [-0.3, -0.25) is 0 Å². The van der Waals surface area contributed by atoms with Crippen molar-refractivity contribution in [2.45, 2.75) is 26.4 Å². The molecule has 3 heteroatoms. The van der Waals surface area contributed by atoms with Crippen LogP contribution >= 0.6 is 45.2 Å². The van der Waals surface area contributed by atoms with Crippen molar-refractivity contribution in [2.75, 3.05) is 0 Å². The highest BCUT2D eigenvalue weighted by Crippen LogP contribution is 2.24. The van der Waals surface area contributed by atoms with Crippen molar-refractivity contribution in [1.29, 1.82) is 0 Å². The maximum atomic E-state index is 9.05. The molecule has 0 aromatic rings. The van der Waals surface area contributed by atoms with E-state index in [2.05, 4.69) is 52.1 Å². The number of aliphatic hydroxyl groups excluding tert-OH is 1. The molecule has 1 unspecified atom stereocenters. The number of aliphatic hydroxyl groups is 1. The average molecular weight is 352 g/mol. The molecule has 0 bridgehead atoms. The summed E-state index contributed by atoms with van der Waals surface area (Å²) in [4.78, 5) is 0. The summed E-state index contributed by atoms with van der Waals surface area (Å²) in [6.07, 6.45) is 0.724. The van der Waals surface area contributed by atoms with Gasteiger partial charge in [0.2, 0.25) is 0 Å². The minimum absolute atomic E-state index is 0.294. The zero-order valence-corrected chi connectivity index (χ0v) is 9.80. The first-order valence-electron chi connectivity index (χ1n) is 2.81. The molecular weight excluding hydrogens is 342 g/mol. The van der Waals surface area contributed by atoms with E-state index in [-0.39, 0.29) is 6.10 Å². The SMILES string of the molecule is CC/C(I)=C(\I)C(C)O. The summed E-state index contributed by atoms with van der Waals surface area (Å²) < 4.78 is 2.32. The zero-order chi connectivity index (χ0) is 7.44. The van der Waals surface area contributed by atoms with Crippen molar-refractivity contribution in [2.24, 2.45) is 0 Å². The van der Waals surface area contributed by atoms with Crippen molar-refractivity contribution in [3.8, 4) is 0 Å². The molecule has 0 aliphatic carbocycles. The lowest BCUT2D eigenvalue weighted by atomic mass is 10.3. The normalized spacial score (nSPS) is 17.0. The van der Waals surface area contributed by atoms with Gasteiger partial charge in [-0.25, -0.2) is 0 Å². The Morgan fingerprint density at radius 2 is 2.00 bits per heavy atom. The van der Waals surface area contributed by atoms with Crippen LogP contribution in [0.1, 0.15) is 20.3 Å². The highest BCUT2D eigenvalue weighted by Gasteiger charge is 2.03. The van der Waals surface area contributed by atoms with Crippen LogP contribution in [0.25, 0.3) is 0 Å². The molecule has 0 rings (SSSR count). The molecule has 0 spiro atoms. The Labute approximate surface area is 83.2 Å². The molecular formula is C6H10I2O. The highest BCUT2D eigenvalue weighted by atomic mass is 127. The van der Waals surface area contributed by atoms with Gasteiger partial charge in [0.1, 0.15) is 0 Å². The summed E-state index contributed by atoms with van der Waals surface area (Å²) in [6.45, 7) is 3.87. The molecule has 0 saturated heterocycles. The Morgan fingerprint density at radius 3 is 2.11 bits per heavy atom. The molecule has 0 aromatic heterocycles. The van der Waals surface area contributed by atoms with Gasteiger partial charge in [-0.1, -0.05) is 6.92 Å². The van der Waals surface area contributed by atoms with Crippen LogP contribution in [-0.2, 0) is 0 Å². The average Bonchev–Trinajstić information content (AvgIpc) is 1.84. The van der Waals surface area contributed by atoms with Crippen LogP contribution in [0.5, 0.6) is 0 Å². The van der Waals surface area contributed by atoms with Crippen LogP contribution in [0.2, 0.25) is 0 Å². The van der Waals surface area contributed by atoms with Crippen molar-refractivity contribution in [1.82, 2.24) is 0 Å². The molecule has 0 radical (unpaired) electrons. The third kappa shape index (κ3) is 3.77. The Balaban J connectivity index is 4.10. The van der Waals surface area contributed by atoms with E-state index in [4.69, 9.17) is 5.11 Å². The molecule has 0 aromatic carbocycles. The number of hydrogen-bond donors (Lipinski definition) is 1. The lowest BCUT2D eigenvalue weighted by Gasteiger charge is -2.03. The third-order valence-electron chi connectivity index (χ3n) is 0.936. The van der Waals surface area contributed by atoms with Crippen LogP contribution < -0.4 is 0 Å². The lowest BCUT2D eigenvalue weighted by molar-refractivity contribution is 0.242. The predicted octanol–water partition coefficient (Wildman–Crippen LogP) is 2.86. The Morgan fingerprint density at radius 1 is 1.56 bits per heavy atom. The van der Waals surface area contributed by atoms with E-state index in [0.717, 1.165) is 10.0 Å². The second-order valence-corrected chi connectivity index (χ2v) is 4.25. The molecule has 0 aliphatic rings. The van der Waals surface area contributed by atoms with Gasteiger partial charge in [0.15, 0.2) is 0 Å². The largest absolute Gasteiger partial charge is 0.388 e. The van der Waals surface area contributed by atoms with E-state index in [1.165, 1.54) is 3.58 Å². The maximum absolute atomic E-state index is 9.05. The second-order valence-electron chi connectivity index (χ2n) is 1.78. The summed E-state index contributed by atoms with van der Waals surface area (Å²) in [5.74, 6) is 0. The number of hydrogen-bond acceptors (Lipinski definition) is 1. The first-order chi connectivity index (χ1) is 4.09. The molecule has 0 amide bonds. The van der Waals surface area contributed by atoms with Crippen molar-refractivity contribution in [3.05, 3.63) is 7.16 Å². The minimum Gasteiger partial charge on any atom is -0.388 e. The Hall–Kier alpha value is 1.16. The van der Waals surface area contributed by atoms with E-state index in [1.54, 1.807) is 6.92 Å². The number of halogens is 2. The zero-order valence-electron chi connectivity index (χ0n) is 5.49. The van der Waals surface area contributed by atoms with Gasteiger partial charge >= 0.3 is 0 Å².